The zero-order valence-electron chi connectivity index (χ0n) is 11.0. The molecule has 100 valence electrons. The van der Waals surface area contributed by atoms with Crippen molar-refractivity contribution in [1.29, 1.82) is 0 Å². The molecule has 0 unspecified atom stereocenters. The first kappa shape index (κ1) is 14.4. The summed E-state index contributed by atoms with van der Waals surface area (Å²) in [6.45, 7) is 2.06. The van der Waals surface area contributed by atoms with Crippen LogP contribution < -0.4 is 5.32 Å². The van der Waals surface area contributed by atoms with Gasteiger partial charge in [-0.1, -0.05) is 0 Å². The maximum absolute atomic E-state index is 10.8. The molecule has 0 atom stereocenters. The quantitative estimate of drug-likeness (QED) is 0.592. The maximum atomic E-state index is 10.8. The van der Waals surface area contributed by atoms with E-state index < -0.39 is 0 Å². The number of rotatable bonds is 7. The van der Waals surface area contributed by atoms with E-state index in [9.17, 15) is 10.1 Å². The molecule has 0 radical (unpaired) electrons. The van der Waals surface area contributed by atoms with Gasteiger partial charge in [0.2, 0.25) is 0 Å². The van der Waals surface area contributed by atoms with Gasteiger partial charge in [0.25, 0.3) is 5.69 Å². The highest BCUT2D eigenvalue weighted by Crippen LogP contribution is 2.22. The largest absolute Gasteiger partial charge is 0.388 e. The summed E-state index contributed by atoms with van der Waals surface area (Å²) in [5.41, 5.74) is 1.93. The van der Waals surface area contributed by atoms with Crippen molar-refractivity contribution in [3.8, 4) is 0 Å². The van der Waals surface area contributed by atoms with Gasteiger partial charge in [-0.15, -0.1) is 0 Å². The monoisotopic (exact) mass is 253 g/mol. The van der Waals surface area contributed by atoms with Crippen LogP contribution in [0, 0.1) is 10.1 Å². The van der Waals surface area contributed by atoms with Gasteiger partial charge in [-0.3, -0.25) is 15.0 Å². The lowest BCUT2D eigenvalue weighted by Crippen LogP contribution is -2.22. The summed E-state index contributed by atoms with van der Waals surface area (Å²) < 4.78 is 5.00. The Morgan fingerprint density at radius 3 is 2.78 bits per heavy atom. The summed E-state index contributed by atoms with van der Waals surface area (Å²) in [7, 11) is 5.41. The molecule has 18 heavy (non-hydrogen) atoms. The van der Waals surface area contributed by atoms with Crippen molar-refractivity contribution < 1.29 is 9.66 Å². The number of anilines is 1. The number of ether oxygens (including phenoxy) is 1. The van der Waals surface area contributed by atoms with E-state index >= 15 is 0 Å². The van der Waals surface area contributed by atoms with E-state index in [1.807, 2.05) is 7.05 Å². The third-order valence-electron chi connectivity index (χ3n) is 2.69. The van der Waals surface area contributed by atoms with Crippen molar-refractivity contribution in [3.05, 3.63) is 33.9 Å². The summed E-state index contributed by atoms with van der Waals surface area (Å²) >= 11 is 0. The Labute approximate surface area is 107 Å². The number of hydrogen-bond acceptors (Lipinski definition) is 5. The van der Waals surface area contributed by atoms with Crippen molar-refractivity contribution >= 4 is 11.4 Å². The fraction of sp³-hybridized carbons (Fsp3) is 0.500. The highest BCUT2D eigenvalue weighted by molar-refractivity contribution is 5.55. The molecular weight excluding hydrogens is 234 g/mol. The van der Waals surface area contributed by atoms with Crippen LogP contribution >= 0.6 is 0 Å². The lowest BCUT2D eigenvalue weighted by atomic mass is 10.1. The molecule has 0 aliphatic heterocycles. The number of likely N-dealkylation sites (N-methyl/N-ethyl adjacent to an activating group) is 1. The van der Waals surface area contributed by atoms with Crippen molar-refractivity contribution in [2.75, 3.05) is 39.7 Å². The van der Waals surface area contributed by atoms with Gasteiger partial charge in [-0.05, 0) is 18.7 Å². The SMILES string of the molecule is CNc1ccc([N+](=O)[O-])cc1CN(C)CCOC. The summed E-state index contributed by atoms with van der Waals surface area (Å²) in [5.74, 6) is 0. The molecule has 0 spiro atoms. The van der Waals surface area contributed by atoms with Crippen molar-refractivity contribution in [1.82, 2.24) is 4.90 Å². The second kappa shape index (κ2) is 6.93. The first-order chi connectivity index (χ1) is 8.58. The molecule has 0 fully saturated rings. The maximum Gasteiger partial charge on any atom is 0.269 e. The molecule has 6 nitrogen and oxygen atoms in total. The van der Waals surface area contributed by atoms with Gasteiger partial charge < -0.3 is 10.1 Å². The highest BCUT2D eigenvalue weighted by Gasteiger charge is 2.11. The molecule has 6 heteroatoms. The molecule has 0 aromatic heterocycles. The summed E-state index contributed by atoms with van der Waals surface area (Å²) in [4.78, 5) is 12.4. The molecule has 1 N–H and O–H groups in total. The third kappa shape index (κ3) is 3.97. The van der Waals surface area contributed by atoms with Gasteiger partial charge >= 0.3 is 0 Å². The normalized spacial score (nSPS) is 10.7. The van der Waals surface area contributed by atoms with Crippen molar-refractivity contribution in [2.24, 2.45) is 0 Å². The fourth-order valence-electron chi connectivity index (χ4n) is 1.69. The standard InChI is InChI=1S/C12H19N3O3/c1-13-12-5-4-11(15(16)17)8-10(12)9-14(2)6-7-18-3/h4-5,8,13H,6-7,9H2,1-3H3. The highest BCUT2D eigenvalue weighted by atomic mass is 16.6. The van der Waals surface area contributed by atoms with Gasteiger partial charge in [0.1, 0.15) is 0 Å². The third-order valence-corrected chi connectivity index (χ3v) is 2.69. The number of nitrogens with zero attached hydrogens (tertiary/aromatic N) is 2. The van der Waals surface area contributed by atoms with Gasteiger partial charge in [-0.2, -0.15) is 0 Å². The Balaban J connectivity index is 2.84. The molecule has 0 saturated heterocycles. The second-order valence-corrected chi connectivity index (χ2v) is 4.08. The lowest BCUT2D eigenvalue weighted by molar-refractivity contribution is -0.384. The summed E-state index contributed by atoms with van der Waals surface area (Å²) in [5, 5.41) is 13.8. The molecule has 0 bridgehead atoms. The van der Waals surface area contributed by atoms with Crippen LogP contribution in [-0.4, -0.2) is 44.2 Å². The number of nitro benzene ring substituents is 1. The predicted molar refractivity (Wildman–Crippen MR) is 70.9 cm³/mol. The number of nitro groups is 1. The minimum atomic E-state index is -0.377. The van der Waals surface area contributed by atoms with Crippen LogP contribution in [0.3, 0.4) is 0 Å². The smallest absolute Gasteiger partial charge is 0.269 e. The predicted octanol–water partition coefficient (Wildman–Crippen LogP) is 1.71. The van der Waals surface area contributed by atoms with Crippen LogP contribution in [0.1, 0.15) is 5.56 Å². The van der Waals surface area contributed by atoms with E-state index in [-0.39, 0.29) is 10.6 Å². The fourth-order valence-corrected chi connectivity index (χ4v) is 1.69. The van der Waals surface area contributed by atoms with Crippen LogP contribution in [0.2, 0.25) is 0 Å². The molecule has 0 heterocycles. The summed E-state index contributed by atoms with van der Waals surface area (Å²) in [6.07, 6.45) is 0. The van der Waals surface area contributed by atoms with Gasteiger partial charge in [-0.25, -0.2) is 0 Å². The van der Waals surface area contributed by atoms with Crippen molar-refractivity contribution in [2.45, 2.75) is 6.54 Å². The summed E-state index contributed by atoms with van der Waals surface area (Å²) in [6, 6.07) is 4.84. The van der Waals surface area contributed by atoms with Gasteiger partial charge in [0, 0.05) is 45.1 Å². The lowest BCUT2D eigenvalue weighted by Gasteiger charge is -2.18. The van der Waals surface area contributed by atoms with Gasteiger partial charge in [0.05, 0.1) is 11.5 Å². The molecule has 0 saturated carbocycles. The number of nitrogens with one attached hydrogen (secondary N) is 1. The minimum Gasteiger partial charge on any atom is -0.388 e. The first-order valence-corrected chi connectivity index (χ1v) is 5.71. The van der Waals surface area contributed by atoms with Crippen LogP contribution in [0.5, 0.6) is 0 Å². The van der Waals surface area contributed by atoms with Gasteiger partial charge in [0.15, 0.2) is 0 Å². The van der Waals surface area contributed by atoms with Crippen LogP contribution in [-0.2, 0) is 11.3 Å². The Bertz CT molecular complexity index is 410. The Morgan fingerprint density at radius 1 is 1.50 bits per heavy atom. The van der Waals surface area contributed by atoms with E-state index in [4.69, 9.17) is 4.74 Å². The molecule has 0 aliphatic carbocycles. The van der Waals surface area contributed by atoms with E-state index in [1.165, 1.54) is 6.07 Å². The molecule has 1 rings (SSSR count). The average Bonchev–Trinajstić information content (AvgIpc) is 2.36. The Kier molecular flexibility index (Phi) is 5.54. The number of methoxy groups -OCH3 is 1. The van der Waals surface area contributed by atoms with E-state index in [1.54, 1.807) is 26.3 Å². The number of non-ortho nitro benzene ring substituents is 1. The first-order valence-electron chi connectivity index (χ1n) is 5.71. The van der Waals surface area contributed by atoms with E-state index in [0.717, 1.165) is 17.8 Å². The Hall–Kier alpha value is -1.66. The molecule has 0 amide bonds. The number of hydrogen-bond donors (Lipinski definition) is 1. The number of benzene rings is 1. The van der Waals surface area contributed by atoms with E-state index in [2.05, 4.69) is 10.2 Å². The van der Waals surface area contributed by atoms with Crippen LogP contribution in [0.25, 0.3) is 0 Å². The molecule has 1 aromatic rings. The minimum absolute atomic E-state index is 0.115. The zero-order valence-corrected chi connectivity index (χ0v) is 11.0. The van der Waals surface area contributed by atoms with Crippen LogP contribution in [0.4, 0.5) is 11.4 Å². The zero-order chi connectivity index (χ0) is 13.5. The second-order valence-electron chi connectivity index (χ2n) is 4.08. The van der Waals surface area contributed by atoms with E-state index in [0.29, 0.717) is 13.2 Å². The topological polar surface area (TPSA) is 67.6 Å². The molecular formula is C12H19N3O3. The molecule has 0 aliphatic rings. The molecule has 1 aromatic carbocycles. The van der Waals surface area contributed by atoms with Crippen molar-refractivity contribution in [3.63, 3.8) is 0 Å². The average molecular weight is 253 g/mol. The van der Waals surface area contributed by atoms with Crippen LogP contribution in [0.15, 0.2) is 18.2 Å². The Morgan fingerprint density at radius 2 is 2.22 bits per heavy atom.